The van der Waals surface area contributed by atoms with Crippen LogP contribution in [0.4, 0.5) is 11.4 Å². The summed E-state index contributed by atoms with van der Waals surface area (Å²) < 4.78 is 0. The Hall–Kier alpha value is -1.55. The Labute approximate surface area is 88.9 Å². The zero-order valence-corrected chi connectivity index (χ0v) is 8.71. The van der Waals surface area contributed by atoms with Crippen LogP contribution < -0.4 is 16.4 Å². The number of nitrogens with one attached hydrogen (secondary N) is 2. The number of rotatable bonds is 3. The second-order valence-electron chi connectivity index (χ2n) is 3.96. The topological polar surface area (TPSA) is 67.1 Å². The van der Waals surface area contributed by atoms with Gasteiger partial charge in [-0.25, -0.2) is 0 Å². The second kappa shape index (κ2) is 3.90. The Balaban J connectivity index is 2.09. The van der Waals surface area contributed by atoms with Crippen LogP contribution in [-0.2, 0) is 11.2 Å². The fraction of sp³-hybridized carbons (Fsp3) is 0.364. The van der Waals surface area contributed by atoms with E-state index in [2.05, 4.69) is 10.6 Å². The Kier molecular flexibility index (Phi) is 2.60. The van der Waals surface area contributed by atoms with Gasteiger partial charge in [0.05, 0.1) is 6.42 Å². The number of benzene rings is 1. The van der Waals surface area contributed by atoms with Crippen LogP contribution in [0.1, 0.15) is 12.5 Å². The maximum absolute atomic E-state index is 11.1. The predicted molar refractivity (Wildman–Crippen MR) is 60.9 cm³/mol. The highest BCUT2D eigenvalue weighted by atomic mass is 16.1. The van der Waals surface area contributed by atoms with E-state index in [0.29, 0.717) is 6.42 Å². The van der Waals surface area contributed by atoms with Gasteiger partial charge in [0, 0.05) is 24.0 Å². The van der Waals surface area contributed by atoms with Crippen molar-refractivity contribution in [2.75, 3.05) is 17.2 Å². The molecule has 15 heavy (non-hydrogen) atoms. The van der Waals surface area contributed by atoms with Crippen LogP contribution in [0.2, 0.25) is 0 Å². The third kappa shape index (κ3) is 2.27. The zero-order valence-electron chi connectivity index (χ0n) is 8.71. The first kappa shape index (κ1) is 9.98. The van der Waals surface area contributed by atoms with E-state index >= 15 is 0 Å². The van der Waals surface area contributed by atoms with Crippen LogP contribution in [0.3, 0.4) is 0 Å². The quantitative estimate of drug-likeness (QED) is 0.688. The maximum atomic E-state index is 11.1. The lowest BCUT2D eigenvalue weighted by atomic mass is 10.1. The molecule has 0 bridgehead atoms. The third-order valence-electron chi connectivity index (χ3n) is 2.36. The molecule has 1 atom stereocenters. The van der Waals surface area contributed by atoms with Gasteiger partial charge in [-0.3, -0.25) is 4.79 Å². The standard InChI is InChI=1S/C11H15N3O/c1-7(12)6-13-9-2-3-10-8(4-9)5-11(15)14-10/h2-4,7,13H,5-6,12H2,1H3,(H,14,15). The molecule has 0 radical (unpaired) electrons. The summed E-state index contributed by atoms with van der Waals surface area (Å²) in [6.07, 6.45) is 0.475. The average Bonchev–Trinajstić information content (AvgIpc) is 2.53. The van der Waals surface area contributed by atoms with Gasteiger partial charge in [-0.05, 0) is 30.7 Å². The van der Waals surface area contributed by atoms with Crippen molar-refractivity contribution in [3.8, 4) is 0 Å². The van der Waals surface area contributed by atoms with E-state index in [1.54, 1.807) is 0 Å². The maximum Gasteiger partial charge on any atom is 0.228 e. The van der Waals surface area contributed by atoms with Crippen LogP contribution >= 0.6 is 0 Å². The molecule has 1 heterocycles. The van der Waals surface area contributed by atoms with E-state index in [1.165, 1.54) is 0 Å². The number of hydrogen-bond donors (Lipinski definition) is 3. The van der Waals surface area contributed by atoms with Gasteiger partial charge >= 0.3 is 0 Å². The van der Waals surface area contributed by atoms with Crippen LogP contribution in [0, 0.1) is 0 Å². The molecule has 1 aliphatic rings. The third-order valence-corrected chi connectivity index (χ3v) is 2.36. The van der Waals surface area contributed by atoms with Crippen molar-refractivity contribution in [1.29, 1.82) is 0 Å². The minimum atomic E-state index is 0.0642. The molecule has 80 valence electrons. The number of amides is 1. The van der Waals surface area contributed by atoms with Crippen LogP contribution in [0.15, 0.2) is 18.2 Å². The van der Waals surface area contributed by atoms with E-state index in [-0.39, 0.29) is 11.9 Å². The van der Waals surface area contributed by atoms with Crippen LogP contribution in [0.25, 0.3) is 0 Å². The molecule has 0 aliphatic carbocycles. The highest BCUT2D eigenvalue weighted by Gasteiger charge is 2.17. The molecular formula is C11H15N3O. The minimum Gasteiger partial charge on any atom is -0.383 e. The first-order valence-corrected chi connectivity index (χ1v) is 5.07. The molecule has 4 nitrogen and oxygen atoms in total. The zero-order chi connectivity index (χ0) is 10.8. The molecule has 1 aliphatic heterocycles. The van der Waals surface area contributed by atoms with Gasteiger partial charge in [-0.1, -0.05) is 0 Å². The number of hydrogen-bond acceptors (Lipinski definition) is 3. The number of fused-ring (bicyclic) bond motifs is 1. The summed E-state index contributed by atoms with van der Waals surface area (Å²) in [7, 11) is 0. The summed E-state index contributed by atoms with van der Waals surface area (Å²) in [5.41, 5.74) is 8.64. The van der Waals surface area contributed by atoms with Crippen molar-refractivity contribution in [1.82, 2.24) is 0 Å². The Morgan fingerprint density at radius 1 is 1.60 bits per heavy atom. The van der Waals surface area contributed by atoms with Gasteiger partial charge in [-0.15, -0.1) is 0 Å². The van der Waals surface area contributed by atoms with Gasteiger partial charge < -0.3 is 16.4 Å². The Bertz CT molecular complexity index is 387. The summed E-state index contributed by atoms with van der Waals surface area (Å²) in [5.74, 6) is 0.0642. The van der Waals surface area contributed by atoms with E-state index in [9.17, 15) is 4.79 Å². The molecule has 0 saturated heterocycles. The molecule has 1 unspecified atom stereocenters. The number of carbonyl (C=O) groups excluding carboxylic acids is 1. The molecule has 0 saturated carbocycles. The summed E-state index contributed by atoms with van der Waals surface area (Å²) >= 11 is 0. The Morgan fingerprint density at radius 3 is 3.13 bits per heavy atom. The van der Waals surface area contributed by atoms with Gasteiger partial charge in [0.2, 0.25) is 5.91 Å². The van der Waals surface area contributed by atoms with E-state index < -0.39 is 0 Å². The molecule has 0 aromatic heterocycles. The first-order chi connectivity index (χ1) is 7.15. The van der Waals surface area contributed by atoms with E-state index in [0.717, 1.165) is 23.5 Å². The monoisotopic (exact) mass is 205 g/mol. The largest absolute Gasteiger partial charge is 0.383 e. The molecule has 2 rings (SSSR count). The normalized spacial score (nSPS) is 15.7. The van der Waals surface area contributed by atoms with Crippen LogP contribution in [0.5, 0.6) is 0 Å². The number of nitrogens with two attached hydrogens (primary N) is 1. The lowest BCUT2D eigenvalue weighted by Crippen LogP contribution is -2.25. The highest BCUT2D eigenvalue weighted by Crippen LogP contribution is 2.25. The minimum absolute atomic E-state index is 0.0642. The van der Waals surface area contributed by atoms with Crippen molar-refractivity contribution in [3.63, 3.8) is 0 Å². The summed E-state index contributed by atoms with van der Waals surface area (Å²) in [6.45, 7) is 2.69. The fourth-order valence-electron chi connectivity index (χ4n) is 1.62. The van der Waals surface area contributed by atoms with Gasteiger partial charge in [0.1, 0.15) is 0 Å². The second-order valence-corrected chi connectivity index (χ2v) is 3.96. The predicted octanol–water partition coefficient (Wildman–Crippen LogP) is 0.940. The van der Waals surface area contributed by atoms with Gasteiger partial charge in [0.15, 0.2) is 0 Å². The summed E-state index contributed by atoms with van der Waals surface area (Å²) in [5, 5.41) is 6.02. The molecule has 4 N–H and O–H groups in total. The molecule has 1 aromatic rings. The molecular weight excluding hydrogens is 190 g/mol. The SMILES string of the molecule is CC(N)CNc1ccc2c(c1)CC(=O)N2. The van der Waals surface area contributed by atoms with Gasteiger partial charge in [0.25, 0.3) is 0 Å². The molecule has 4 heteroatoms. The average molecular weight is 205 g/mol. The molecule has 1 aromatic carbocycles. The number of anilines is 2. The van der Waals surface area contributed by atoms with Crippen molar-refractivity contribution >= 4 is 17.3 Å². The molecule has 0 spiro atoms. The molecule has 1 amide bonds. The van der Waals surface area contributed by atoms with Crippen molar-refractivity contribution in [3.05, 3.63) is 23.8 Å². The Morgan fingerprint density at radius 2 is 2.40 bits per heavy atom. The summed E-state index contributed by atoms with van der Waals surface area (Å²) in [4.78, 5) is 11.1. The highest BCUT2D eigenvalue weighted by molar-refractivity contribution is 5.99. The molecule has 0 fully saturated rings. The van der Waals surface area contributed by atoms with Crippen LogP contribution in [-0.4, -0.2) is 18.5 Å². The van der Waals surface area contributed by atoms with Crippen molar-refractivity contribution in [2.45, 2.75) is 19.4 Å². The van der Waals surface area contributed by atoms with E-state index in [4.69, 9.17) is 5.73 Å². The van der Waals surface area contributed by atoms with Crippen molar-refractivity contribution < 1.29 is 4.79 Å². The summed E-state index contributed by atoms with van der Waals surface area (Å²) in [6, 6.07) is 5.99. The van der Waals surface area contributed by atoms with Crippen molar-refractivity contribution in [2.24, 2.45) is 5.73 Å². The lowest BCUT2D eigenvalue weighted by Gasteiger charge is -2.09. The van der Waals surface area contributed by atoms with Gasteiger partial charge in [-0.2, -0.15) is 0 Å². The number of carbonyl (C=O) groups is 1. The fourth-order valence-corrected chi connectivity index (χ4v) is 1.62. The van der Waals surface area contributed by atoms with E-state index in [1.807, 2.05) is 25.1 Å². The lowest BCUT2D eigenvalue weighted by molar-refractivity contribution is -0.115. The first-order valence-electron chi connectivity index (χ1n) is 5.07. The smallest absolute Gasteiger partial charge is 0.228 e.